The molecule has 3 aromatic heterocycles. The predicted molar refractivity (Wildman–Crippen MR) is 137 cm³/mol. The van der Waals surface area contributed by atoms with Crippen LogP contribution in [0.5, 0.6) is 0 Å². The molecule has 0 radical (unpaired) electrons. The molecule has 4 aromatic rings. The van der Waals surface area contributed by atoms with E-state index in [0.29, 0.717) is 27.6 Å². The number of aromatic nitrogens is 3. The van der Waals surface area contributed by atoms with Crippen molar-refractivity contribution in [3.8, 4) is 11.3 Å². The monoisotopic (exact) mass is 621 g/mol. The van der Waals surface area contributed by atoms with E-state index in [4.69, 9.17) is 0 Å². The van der Waals surface area contributed by atoms with Crippen LogP contribution in [0.1, 0.15) is 40.3 Å². The molecule has 3 heterocycles. The average Bonchev–Trinajstić information content (AvgIpc) is 3.45. The summed E-state index contributed by atoms with van der Waals surface area (Å²) in [5, 5.41) is 15.5. The SMILES string of the molecule is Cc1sc(S(=O)(=O)NC(C)(C)CO)cc1NC(=O)c1cnn2c(C(F)(F)F)cc(-c3ccc(C(F)(F)F)cc3)nc12. The lowest BCUT2D eigenvalue weighted by Crippen LogP contribution is -2.45. The van der Waals surface area contributed by atoms with Crippen molar-refractivity contribution in [3.05, 3.63) is 64.3 Å². The van der Waals surface area contributed by atoms with E-state index in [9.17, 15) is 44.7 Å². The Bertz CT molecular complexity index is 1730. The zero-order chi connectivity index (χ0) is 30.5. The molecule has 0 aliphatic carbocycles. The Hall–Kier alpha value is -3.54. The van der Waals surface area contributed by atoms with Crippen LogP contribution in [0.4, 0.5) is 32.0 Å². The lowest BCUT2D eigenvalue weighted by molar-refractivity contribution is -0.142. The van der Waals surface area contributed by atoms with Crippen molar-refractivity contribution in [2.24, 2.45) is 0 Å². The lowest BCUT2D eigenvalue weighted by Gasteiger charge is -2.22. The number of aliphatic hydroxyl groups is 1. The van der Waals surface area contributed by atoms with Crippen molar-refractivity contribution in [3.63, 3.8) is 0 Å². The molecule has 0 unspecified atom stereocenters. The van der Waals surface area contributed by atoms with Crippen LogP contribution in [-0.2, 0) is 22.4 Å². The van der Waals surface area contributed by atoms with Crippen LogP contribution < -0.4 is 10.0 Å². The molecule has 0 aliphatic heterocycles. The number of rotatable bonds is 7. The summed E-state index contributed by atoms with van der Waals surface area (Å²) >= 11 is 0.812. The summed E-state index contributed by atoms with van der Waals surface area (Å²) in [6.45, 7) is 3.94. The Labute approximate surface area is 232 Å². The average molecular weight is 622 g/mol. The molecular formula is C24H21F6N5O4S2. The number of nitrogens with one attached hydrogen (secondary N) is 2. The maximum absolute atomic E-state index is 13.9. The number of hydrogen-bond donors (Lipinski definition) is 3. The van der Waals surface area contributed by atoms with Gasteiger partial charge in [0.1, 0.15) is 9.77 Å². The molecule has 4 rings (SSSR count). The number of aryl methyl sites for hydroxylation is 1. The van der Waals surface area contributed by atoms with Crippen LogP contribution in [-0.4, -0.2) is 46.2 Å². The van der Waals surface area contributed by atoms with E-state index in [1.54, 1.807) is 0 Å². The fourth-order valence-electron chi connectivity index (χ4n) is 3.65. The Kier molecular flexibility index (Phi) is 7.70. The second-order valence-electron chi connectivity index (χ2n) is 9.53. The highest BCUT2D eigenvalue weighted by molar-refractivity contribution is 7.91. The number of fused-ring (bicyclic) bond motifs is 1. The van der Waals surface area contributed by atoms with Gasteiger partial charge in [-0.05, 0) is 45.0 Å². The van der Waals surface area contributed by atoms with E-state index >= 15 is 0 Å². The number of benzene rings is 1. The smallest absolute Gasteiger partial charge is 0.394 e. The van der Waals surface area contributed by atoms with E-state index < -0.39 is 62.9 Å². The molecule has 0 atom stereocenters. The molecular weight excluding hydrogens is 600 g/mol. The first-order valence-electron chi connectivity index (χ1n) is 11.5. The van der Waals surface area contributed by atoms with E-state index in [0.717, 1.165) is 35.7 Å². The molecule has 9 nitrogen and oxygen atoms in total. The van der Waals surface area contributed by atoms with Gasteiger partial charge in [0.2, 0.25) is 0 Å². The third-order valence-electron chi connectivity index (χ3n) is 5.73. The minimum absolute atomic E-state index is 0.0523. The number of carbonyl (C=O) groups is 1. The number of hydrogen-bond acceptors (Lipinski definition) is 7. The van der Waals surface area contributed by atoms with Crippen LogP contribution in [0.2, 0.25) is 0 Å². The van der Waals surface area contributed by atoms with Crippen molar-refractivity contribution >= 4 is 38.6 Å². The molecule has 1 aromatic carbocycles. The maximum atomic E-state index is 13.9. The zero-order valence-corrected chi connectivity index (χ0v) is 23.0. The molecule has 17 heteroatoms. The zero-order valence-electron chi connectivity index (χ0n) is 21.3. The van der Waals surface area contributed by atoms with Gasteiger partial charge in [-0.25, -0.2) is 22.6 Å². The van der Waals surface area contributed by atoms with Crippen molar-refractivity contribution in [2.75, 3.05) is 11.9 Å². The van der Waals surface area contributed by atoms with E-state index in [1.807, 2.05) is 0 Å². The van der Waals surface area contributed by atoms with Gasteiger partial charge in [-0.2, -0.15) is 31.4 Å². The number of carbonyl (C=O) groups excluding carboxylic acids is 1. The van der Waals surface area contributed by atoms with Crippen molar-refractivity contribution in [1.82, 2.24) is 19.3 Å². The third-order valence-corrected chi connectivity index (χ3v) is 8.95. The van der Waals surface area contributed by atoms with Gasteiger partial charge in [0, 0.05) is 10.4 Å². The number of thiophene rings is 1. The summed E-state index contributed by atoms with van der Waals surface area (Å²) in [4.78, 5) is 17.6. The Morgan fingerprint density at radius 1 is 1.05 bits per heavy atom. The number of halogens is 6. The molecule has 3 N–H and O–H groups in total. The van der Waals surface area contributed by atoms with Crippen molar-refractivity contribution in [1.29, 1.82) is 0 Å². The number of nitrogens with zero attached hydrogens (tertiary/aromatic N) is 3. The predicted octanol–water partition coefficient (Wildman–Crippen LogP) is 5.11. The minimum atomic E-state index is -4.97. The summed E-state index contributed by atoms with van der Waals surface area (Å²) in [7, 11) is -4.09. The molecule has 220 valence electrons. The van der Waals surface area contributed by atoms with Crippen LogP contribution in [0.25, 0.3) is 16.9 Å². The third kappa shape index (κ3) is 6.37. The summed E-state index contributed by atoms with van der Waals surface area (Å²) < 4.78 is 108. The molecule has 0 fully saturated rings. The summed E-state index contributed by atoms with van der Waals surface area (Å²) in [5.74, 6) is -0.960. The first-order chi connectivity index (χ1) is 18.8. The normalized spacial score (nSPS) is 13.1. The molecule has 1 amide bonds. The highest BCUT2D eigenvalue weighted by Crippen LogP contribution is 2.35. The van der Waals surface area contributed by atoms with Crippen molar-refractivity contribution < 1.29 is 44.7 Å². The fraction of sp³-hybridized carbons (Fsp3) is 0.292. The van der Waals surface area contributed by atoms with Gasteiger partial charge in [-0.3, -0.25) is 4.79 Å². The van der Waals surface area contributed by atoms with Crippen LogP contribution >= 0.6 is 11.3 Å². The van der Waals surface area contributed by atoms with Crippen LogP contribution in [0.3, 0.4) is 0 Å². The number of amides is 1. The Morgan fingerprint density at radius 2 is 1.68 bits per heavy atom. The lowest BCUT2D eigenvalue weighted by atomic mass is 10.1. The summed E-state index contributed by atoms with van der Waals surface area (Å²) in [6, 6.07) is 5.06. The molecule has 0 saturated heterocycles. The quantitative estimate of drug-likeness (QED) is 0.247. The Balaban J connectivity index is 1.73. The highest BCUT2D eigenvalue weighted by Gasteiger charge is 2.36. The van der Waals surface area contributed by atoms with E-state index in [1.165, 1.54) is 20.8 Å². The van der Waals surface area contributed by atoms with E-state index in [2.05, 4.69) is 20.1 Å². The number of sulfonamides is 1. The van der Waals surface area contributed by atoms with Gasteiger partial charge in [0.25, 0.3) is 15.9 Å². The van der Waals surface area contributed by atoms with E-state index in [-0.39, 0.29) is 21.2 Å². The van der Waals surface area contributed by atoms with Gasteiger partial charge in [-0.15, -0.1) is 11.3 Å². The van der Waals surface area contributed by atoms with Crippen LogP contribution in [0, 0.1) is 6.92 Å². The first-order valence-corrected chi connectivity index (χ1v) is 13.8. The molecule has 41 heavy (non-hydrogen) atoms. The number of anilines is 1. The maximum Gasteiger partial charge on any atom is 0.433 e. The van der Waals surface area contributed by atoms with Gasteiger partial charge in [0.05, 0.1) is 35.3 Å². The second-order valence-corrected chi connectivity index (χ2v) is 12.7. The highest BCUT2D eigenvalue weighted by atomic mass is 32.2. The molecule has 0 spiro atoms. The van der Waals surface area contributed by atoms with Crippen LogP contribution in [0.15, 0.2) is 46.8 Å². The van der Waals surface area contributed by atoms with Gasteiger partial charge >= 0.3 is 12.4 Å². The van der Waals surface area contributed by atoms with Gasteiger partial charge in [0.15, 0.2) is 11.3 Å². The summed E-state index contributed by atoms with van der Waals surface area (Å²) in [5.41, 5.74) is -4.82. The molecule has 0 bridgehead atoms. The number of aliphatic hydroxyl groups excluding tert-OH is 1. The largest absolute Gasteiger partial charge is 0.433 e. The van der Waals surface area contributed by atoms with Gasteiger partial charge in [-0.1, -0.05) is 12.1 Å². The van der Waals surface area contributed by atoms with Gasteiger partial charge < -0.3 is 10.4 Å². The second kappa shape index (κ2) is 10.4. The van der Waals surface area contributed by atoms with Crippen molar-refractivity contribution in [2.45, 2.75) is 42.9 Å². The topological polar surface area (TPSA) is 126 Å². The fourth-order valence-corrected chi connectivity index (χ4v) is 6.45. The molecule has 0 saturated carbocycles. The summed E-state index contributed by atoms with van der Waals surface area (Å²) in [6.07, 6.45) is -8.79. The Morgan fingerprint density at radius 3 is 2.24 bits per heavy atom. The molecule has 0 aliphatic rings. The first kappa shape index (κ1) is 30.4. The minimum Gasteiger partial charge on any atom is -0.394 e. The standard InChI is InChI=1S/C24H21F6N5O4S2/c1-12-16(9-19(40-12)41(38,39)34-22(2,3)11-36)33-21(37)15-10-31-35-18(24(28,29)30)8-17(32-20(15)35)13-4-6-14(7-5-13)23(25,26)27/h4-10,34,36H,11H2,1-3H3,(H,33,37). The number of alkyl halides is 6.